The van der Waals surface area contributed by atoms with E-state index < -0.39 is 29.5 Å². The second kappa shape index (κ2) is 7.62. The third-order valence-electron chi connectivity index (χ3n) is 3.36. The van der Waals surface area contributed by atoms with Crippen LogP contribution in [0.5, 0.6) is 0 Å². The third kappa shape index (κ3) is 3.92. The number of halogens is 2. The van der Waals surface area contributed by atoms with Crippen molar-refractivity contribution in [1.29, 1.82) is 0 Å². The van der Waals surface area contributed by atoms with E-state index in [9.17, 15) is 18.4 Å². The molecule has 2 rings (SSSR count). The molecule has 0 bridgehead atoms. The summed E-state index contributed by atoms with van der Waals surface area (Å²) in [5, 5.41) is 10.9. The van der Waals surface area contributed by atoms with E-state index >= 15 is 0 Å². The van der Waals surface area contributed by atoms with E-state index in [0.29, 0.717) is 5.56 Å². The molecule has 0 aromatic heterocycles. The molecule has 0 spiro atoms. The highest BCUT2D eigenvalue weighted by Crippen LogP contribution is 2.23. The van der Waals surface area contributed by atoms with Crippen molar-refractivity contribution in [3.63, 3.8) is 0 Å². The number of hydrogen-bond acceptors (Lipinski definition) is 4. The van der Waals surface area contributed by atoms with E-state index in [4.69, 9.17) is 10.9 Å². The molecule has 126 valence electrons. The van der Waals surface area contributed by atoms with Crippen LogP contribution in [0.15, 0.2) is 42.5 Å². The molecule has 0 aliphatic rings. The maximum Gasteiger partial charge on any atom is 0.267 e. The molecule has 1 atom stereocenters. The Morgan fingerprint density at radius 1 is 1.12 bits per heavy atom. The highest BCUT2D eigenvalue weighted by atomic mass is 19.1. The molecule has 2 aromatic rings. The van der Waals surface area contributed by atoms with Gasteiger partial charge in [-0.15, -0.1) is 0 Å². The van der Waals surface area contributed by atoms with Gasteiger partial charge in [0.05, 0.1) is 0 Å². The summed E-state index contributed by atoms with van der Waals surface area (Å²) in [7, 11) is 0. The molecular weight excluding hydrogens is 320 g/mol. The molecule has 0 radical (unpaired) electrons. The Labute approximate surface area is 136 Å². The van der Waals surface area contributed by atoms with Crippen LogP contribution in [0.1, 0.15) is 10.4 Å². The van der Waals surface area contributed by atoms with Gasteiger partial charge < -0.3 is 11.1 Å². The maximum atomic E-state index is 13.7. The fourth-order valence-electron chi connectivity index (χ4n) is 2.08. The molecule has 0 saturated carbocycles. The van der Waals surface area contributed by atoms with Crippen molar-refractivity contribution in [3.05, 3.63) is 59.7 Å². The van der Waals surface area contributed by atoms with Crippen molar-refractivity contribution in [2.45, 2.75) is 6.04 Å². The van der Waals surface area contributed by atoms with Gasteiger partial charge in [-0.25, -0.2) is 14.3 Å². The predicted molar refractivity (Wildman–Crippen MR) is 82.0 cm³/mol. The number of carbonyl (C=O) groups is 2. The van der Waals surface area contributed by atoms with Crippen LogP contribution in [-0.4, -0.2) is 29.6 Å². The standard InChI is InChI=1S/C16H15F2N3O3/c17-11-5-6-12(13(18)7-11)9-1-3-10(4-2-9)15(22)20-14(8-19)16(23)21-24/h1-7,14,24H,8,19H2,(H,20,22)(H,21,23)/t14-/m0/s1. The Bertz CT molecular complexity index is 751. The van der Waals surface area contributed by atoms with Crippen LogP contribution < -0.4 is 16.5 Å². The first-order valence-corrected chi connectivity index (χ1v) is 6.96. The zero-order valence-electron chi connectivity index (χ0n) is 12.4. The molecule has 0 aliphatic carbocycles. The van der Waals surface area contributed by atoms with Crippen LogP contribution in [0, 0.1) is 11.6 Å². The van der Waals surface area contributed by atoms with Crippen molar-refractivity contribution in [2.75, 3.05) is 6.54 Å². The quantitative estimate of drug-likeness (QED) is 0.487. The third-order valence-corrected chi connectivity index (χ3v) is 3.36. The lowest BCUT2D eigenvalue weighted by Gasteiger charge is -2.14. The Balaban J connectivity index is 2.16. The number of benzene rings is 2. The Morgan fingerprint density at radius 2 is 1.79 bits per heavy atom. The second-order valence-corrected chi connectivity index (χ2v) is 4.94. The van der Waals surface area contributed by atoms with Crippen LogP contribution in [-0.2, 0) is 4.79 Å². The minimum Gasteiger partial charge on any atom is -0.339 e. The second-order valence-electron chi connectivity index (χ2n) is 4.94. The SMILES string of the molecule is NC[C@H](NC(=O)c1ccc(-c2ccc(F)cc2F)cc1)C(=O)NO. The van der Waals surface area contributed by atoms with Gasteiger partial charge in [0.15, 0.2) is 0 Å². The lowest BCUT2D eigenvalue weighted by Crippen LogP contribution is -2.50. The summed E-state index contributed by atoms with van der Waals surface area (Å²) in [6.07, 6.45) is 0. The molecule has 6 nitrogen and oxygen atoms in total. The Morgan fingerprint density at radius 3 is 2.33 bits per heavy atom. The smallest absolute Gasteiger partial charge is 0.267 e. The lowest BCUT2D eigenvalue weighted by atomic mass is 10.0. The van der Waals surface area contributed by atoms with E-state index in [1.54, 1.807) is 0 Å². The zero-order valence-corrected chi connectivity index (χ0v) is 12.4. The molecular formula is C16H15F2N3O3. The van der Waals surface area contributed by atoms with Gasteiger partial charge in [-0.2, -0.15) is 0 Å². The maximum absolute atomic E-state index is 13.7. The molecule has 0 aliphatic heterocycles. The highest BCUT2D eigenvalue weighted by Gasteiger charge is 2.19. The number of nitrogens with two attached hydrogens (primary N) is 1. The zero-order chi connectivity index (χ0) is 17.7. The van der Waals surface area contributed by atoms with Gasteiger partial charge in [0.1, 0.15) is 17.7 Å². The van der Waals surface area contributed by atoms with Gasteiger partial charge in [0, 0.05) is 23.7 Å². The minimum atomic E-state index is -1.09. The van der Waals surface area contributed by atoms with E-state index in [0.717, 1.165) is 12.1 Å². The summed E-state index contributed by atoms with van der Waals surface area (Å²) < 4.78 is 26.7. The number of hydroxylamine groups is 1. The summed E-state index contributed by atoms with van der Waals surface area (Å²) in [6, 6.07) is 7.97. The molecule has 5 N–H and O–H groups in total. The van der Waals surface area contributed by atoms with Crippen LogP contribution in [0.4, 0.5) is 8.78 Å². The molecule has 0 heterocycles. The van der Waals surface area contributed by atoms with Crippen molar-refractivity contribution in [1.82, 2.24) is 10.8 Å². The fraction of sp³-hybridized carbons (Fsp3) is 0.125. The Hall–Kier alpha value is -2.84. The van der Waals surface area contributed by atoms with E-state index in [1.807, 2.05) is 0 Å². The van der Waals surface area contributed by atoms with E-state index in [2.05, 4.69) is 5.32 Å². The summed E-state index contributed by atoms with van der Waals surface area (Å²) in [5.41, 5.74) is 7.63. The monoisotopic (exact) mass is 335 g/mol. The van der Waals surface area contributed by atoms with Gasteiger partial charge in [0.25, 0.3) is 11.8 Å². The minimum absolute atomic E-state index is 0.197. The number of rotatable bonds is 5. The fourth-order valence-corrected chi connectivity index (χ4v) is 2.08. The van der Waals surface area contributed by atoms with E-state index in [1.165, 1.54) is 35.8 Å². The van der Waals surface area contributed by atoms with Crippen molar-refractivity contribution in [3.8, 4) is 11.1 Å². The van der Waals surface area contributed by atoms with Crippen LogP contribution in [0.3, 0.4) is 0 Å². The lowest BCUT2D eigenvalue weighted by molar-refractivity contribution is -0.130. The van der Waals surface area contributed by atoms with Gasteiger partial charge in [0.2, 0.25) is 0 Å². The average molecular weight is 335 g/mol. The van der Waals surface area contributed by atoms with Gasteiger partial charge in [-0.1, -0.05) is 12.1 Å². The number of carbonyl (C=O) groups excluding carboxylic acids is 2. The van der Waals surface area contributed by atoms with Crippen LogP contribution in [0.2, 0.25) is 0 Å². The van der Waals surface area contributed by atoms with Crippen LogP contribution in [0.25, 0.3) is 11.1 Å². The number of nitrogens with one attached hydrogen (secondary N) is 2. The molecule has 24 heavy (non-hydrogen) atoms. The summed E-state index contributed by atoms with van der Waals surface area (Å²) in [6.45, 7) is -0.197. The molecule has 2 amide bonds. The summed E-state index contributed by atoms with van der Waals surface area (Å²) >= 11 is 0. The average Bonchev–Trinajstić information content (AvgIpc) is 2.59. The van der Waals surface area contributed by atoms with Crippen molar-refractivity contribution >= 4 is 11.8 Å². The molecule has 2 aromatic carbocycles. The normalized spacial score (nSPS) is 11.7. The first-order valence-electron chi connectivity index (χ1n) is 6.96. The van der Waals surface area contributed by atoms with E-state index in [-0.39, 0.29) is 17.7 Å². The van der Waals surface area contributed by atoms with Gasteiger partial charge in [-0.05, 0) is 29.8 Å². The largest absolute Gasteiger partial charge is 0.339 e. The first kappa shape index (κ1) is 17.5. The molecule has 0 fully saturated rings. The predicted octanol–water partition coefficient (Wildman–Crippen LogP) is 1.19. The summed E-state index contributed by atoms with van der Waals surface area (Å²) in [5.74, 6) is -2.81. The number of amides is 2. The molecule has 0 saturated heterocycles. The topological polar surface area (TPSA) is 104 Å². The molecule has 8 heteroatoms. The van der Waals surface area contributed by atoms with Gasteiger partial charge >= 0.3 is 0 Å². The van der Waals surface area contributed by atoms with Gasteiger partial charge in [-0.3, -0.25) is 14.8 Å². The van der Waals surface area contributed by atoms with Crippen LogP contribution >= 0.6 is 0 Å². The summed E-state index contributed by atoms with van der Waals surface area (Å²) in [4.78, 5) is 23.3. The molecule has 0 unspecified atom stereocenters. The number of hydrogen-bond donors (Lipinski definition) is 4. The van der Waals surface area contributed by atoms with Crippen molar-refractivity contribution in [2.24, 2.45) is 5.73 Å². The first-order chi connectivity index (χ1) is 11.5. The van der Waals surface area contributed by atoms with Crippen molar-refractivity contribution < 1.29 is 23.6 Å². The Kier molecular flexibility index (Phi) is 5.56. The highest BCUT2D eigenvalue weighted by molar-refractivity contribution is 5.97.